The highest BCUT2D eigenvalue weighted by atomic mass is 35.5. The molecule has 2 aliphatic rings. The van der Waals surface area contributed by atoms with Crippen LogP contribution in [0.25, 0.3) is 50.3 Å². The van der Waals surface area contributed by atoms with Gasteiger partial charge >= 0.3 is 0 Å². The minimum absolute atomic E-state index is 0.0378. The Labute approximate surface area is 240 Å². The molecule has 206 valence electrons. The molecule has 0 radical (unpaired) electrons. The Hall–Kier alpha value is -4.54. The predicted octanol–water partition coefficient (Wildman–Crippen LogP) is 4.50. The minimum atomic E-state index is 0.0378. The van der Waals surface area contributed by atoms with E-state index in [2.05, 4.69) is 53.8 Å². The molecular formula is C30H28ClN9O. The van der Waals surface area contributed by atoms with Crippen molar-refractivity contribution in [3.05, 3.63) is 77.5 Å². The van der Waals surface area contributed by atoms with Crippen molar-refractivity contribution in [1.82, 2.24) is 45.7 Å². The number of likely N-dealkylation sites (tertiary alicyclic amines) is 1. The summed E-state index contributed by atoms with van der Waals surface area (Å²) in [6, 6.07) is 9.70. The first kappa shape index (κ1) is 25.4. The lowest BCUT2D eigenvalue weighted by molar-refractivity contribution is -0.125. The number of carbonyl (C=O) groups is 1. The average Bonchev–Trinajstić information content (AvgIpc) is 3.61. The Balaban J connectivity index is 1.19. The van der Waals surface area contributed by atoms with Crippen LogP contribution in [0.1, 0.15) is 18.4 Å². The van der Waals surface area contributed by atoms with Crippen LogP contribution in [0, 0.1) is 5.92 Å². The molecule has 4 aromatic heterocycles. The smallest absolute Gasteiger partial charge is 0.227 e. The number of benzene rings is 1. The summed E-state index contributed by atoms with van der Waals surface area (Å²) in [7, 11) is 2.09. The zero-order valence-corrected chi connectivity index (χ0v) is 23.2. The Kier molecular flexibility index (Phi) is 6.49. The maximum atomic E-state index is 12.9. The number of allylic oxidation sites excluding steroid dienone is 1. The number of rotatable bonds is 5. The number of halogens is 1. The van der Waals surface area contributed by atoms with Gasteiger partial charge in [0, 0.05) is 41.6 Å². The minimum Gasteiger partial charge on any atom is -0.385 e. The Morgan fingerprint density at radius 1 is 1.12 bits per heavy atom. The van der Waals surface area contributed by atoms with Gasteiger partial charge in [0.05, 0.1) is 28.3 Å². The van der Waals surface area contributed by atoms with E-state index in [0.717, 1.165) is 76.0 Å². The lowest BCUT2D eigenvalue weighted by atomic mass is 9.96. The number of aromatic nitrogens is 6. The van der Waals surface area contributed by atoms with Gasteiger partial charge in [-0.2, -0.15) is 5.10 Å². The van der Waals surface area contributed by atoms with E-state index < -0.39 is 0 Å². The van der Waals surface area contributed by atoms with Crippen LogP contribution in [-0.4, -0.2) is 67.6 Å². The van der Waals surface area contributed by atoms with Gasteiger partial charge in [-0.3, -0.25) is 14.9 Å². The number of dihydropyridines is 1. The summed E-state index contributed by atoms with van der Waals surface area (Å²) in [4.78, 5) is 32.5. The summed E-state index contributed by atoms with van der Waals surface area (Å²) in [6.07, 6.45) is 11.0. The summed E-state index contributed by atoms with van der Waals surface area (Å²) >= 11 is 6.25. The van der Waals surface area contributed by atoms with Crippen molar-refractivity contribution in [2.24, 2.45) is 5.92 Å². The van der Waals surface area contributed by atoms with Gasteiger partial charge in [0.15, 0.2) is 11.5 Å². The lowest BCUT2D eigenvalue weighted by Gasteiger charge is -2.28. The Morgan fingerprint density at radius 2 is 2.00 bits per heavy atom. The third-order valence-electron chi connectivity index (χ3n) is 7.78. The molecule has 7 rings (SSSR count). The van der Waals surface area contributed by atoms with E-state index in [-0.39, 0.29) is 11.8 Å². The summed E-state index contributed by atoms with van der Waals surface area (Å²) in [6.45, 7) is 2.50. The molecule has 2 aliphatic heterocycles. The second-order valence-corrected chi connectivity index (χ2v) is 11.0. The topological polar surface area (TPSA) is 128 Å². The van der Waals surface area contributed by atoms with Crippen molar-refractivity contribution < 1.29 is 4.79 Å². The number of imidazole rings is 1. The van der Waals surface area contributed by atoms with Crippen LogP contribution in [0.2, 0.25) is 5.02 Å². The van der Waals surface area contributed by atoms with E-state index in [9.17, 15) is 4.79 Å². The van der Waals surface area contributed by atoms with E-state index in [1.54, 1.807) is 12.4 Å². The number of H-pyrrole nitrogens is 2. The largest absolute Gasteiger partial charge is 0.385 e. The number of hydrogen-bond acceptors (Lipinski definition) is 7. The molecule has 1 fully saturated rings. The SMILES string of the molecule is CN1CCC(C(=O)NC2=CNCC(c3cnc4n[nH]c(-c5nc6c(-c7cccc(Cl)c7)cncc6[nH]5)c4c3)=C2)CC1. The standard InChI is InChI=1S/C30H28ClN9O/c1-40-7-5-17(6-8-40)30(41)35-22-10-19(12-32-14-22)20-11-23-27(38-39-28(23)34-13-20)29-36-25-16-33-15-24(26(25)37-29)18-3-2-4-21(31)9-18/h2-4,9-11,13-17,32H,5-8,12H2,1H3,(H,35,41)(H,36,37)(H,34,38,39). The van der Waals surface area contributed by atoms with Crippen LogP contribution in [-0.2, 0) is 4.79 Å². The number of piperidine rings is 1. The van der Waals surface area contributed by atoms with Gasteiger partial charge in [-0.1, -0.05) is 23.7 Å². The van der Waals surface area contributed by atoms with Crippen molar-refractivity contribution in [2.75, 3.05) is 26.7 Å². The molecule has 11 heteroatoms. The second-order valence-electron chi connectivity index (χ2n) is 10.6. The monoisotopic (exact) mass is 565 g/mol. The van der Waals surface area contributed by atoms with E-state index >= 15 is 0 Å². The number of pyridine rings is 2. The van der Waals surface area contributed by atoms with Crippen LogP contribution >= 0.6 is 11.6 Å². The first-order valence-electron chi connectivity index (χ1n) is 13.6. The summed E-state index contributed by atoms with van der Waals surface area (Å²) in [5, 5.41) is 15.4. The number of hydrogen-bond donors (Lipinski definition) is 4. The molecule has 0 saturated carbocycles. The molecule has 0 bridgehead atoms. The third kappa shape index (κ3) is 4.96. The number of nitrogens with one attached hydrogen (secondary N) is 4. The van der Waals surface area contributed by atoms with E-state index in [1.165, 1.54) is 0 Å². The normalized spacial score (nSPS) is 16.4. The number of aromatic amines is 2. The molecule has 0 aliphatic carbocycles. The van der Waals surface area contributed by atoms with Crippen molar-refractivity contribution in [1.29, 1.82) is 0 Å². The zero-order chi connectivity index (χ0) is 27.9. The molecule has 1 aromatic carbocycles. The molecule has 5 aromatic rings. The van der Waals surface area contributed by atoms with E-state index in [0.29, 0.717) is 23.0 Å². The van der Waals surface area contributed by atoms with Crippen molar-refractivity contribution in [3.8, 4) is 22.6 Å². The molecule has 1 saturated heterocycles. The average molecular weight is 566 g/mol. The number of carbonyl (C=O) groups excluding carboxylic acids is 1. The molecule has 4 N–H and O–H groups in total. The van der Waals surface area contributed by atoms with Gasteiger partial charge < -0.3 is 20.5 Å². The number of amides is 1. The van der Waals surface area contributed by atoms with Gasteiger partial charge in [-0.15, -0.1) is 0 Å². The quantitative estimate of drug-likeness (QED) is 0.247. The summed E-state index contributed by atoms with van der Waals surface area (Å²) in [5.41, 5.74) is 7.45. The fourth-order valence-corrected chi connectivity index (χ4v) is 5.69. The number of nitrogens with zero attached hydrogens (tertiary/aromatic N) is 5. The third-order valence-corrected chi connectivity index (χ3v) is 8.02. The molecule has 1 amide bonds. The first-order chi connectivity index (χ1) is 20.0. The van der Waals surface area contributed by atoms with Gasteiger partial charge in [-0.05, 0) is 74.0 Å². The highest BCUT2D eigenvalue weighted by Gasteiger charge is 2.24. The van der Waals surface area contributed by atoms with Crippen molar-refractivity contribution >= 4 is 45.1 Å². The van der Waals surface area contributed by atoms with Gasteiger partial charge in [0.1, 0.15) is 5.69 Å². The molecule has 0 unspecified atom stereocenters. The lowest BCUT2D eigenvalue weighted by Crippen LogP contribution is -2.39. The van der Waals surface area contributed by atoms with Crippen LogP contribution in [0.3, 0.4) is 0 Å². The molecule has 0 atom stereocenters. The van der Waals surface area contributed by atoms with Gasteiger partial charge in [0.2, 0.25) is 5.91 Å². The number of fused-ring (bicyclic) bond motifs is 2. The van der Waals surface area contributed by atoms with E-state index in [1.807, 2.05) is 42.7 Å². The predicted molar refractivity (Wildman–Crippen MR) is 160 cm³/mol. The fourth-order valence-electron chi connectivity index (χ4n) is 5.50. The summed E-state index contributed by atoms with van der Waals surface area (Å²) < 4.78 is 0. The van der Waals surface area contributed by atoms with Gasteiger partial charge in [0.25, 0.3) is 0 Å². The van der Waals surface area contributed by atoms with Crippen LogP contribution in [0.5, 0.6) is 0 Å². The highest BCUT2D eigenvalue weighted by molar-refractivity contribution is 6.30. The van der Waals surface area contributed by atoms with Crippen molar-refractivity contribution in [3.63, 3.8) is 0 Å². The maximum absolute atomic E-state index is 12.9. The maximum Gasteiger partial charge on any atom is 0.227 e. The van der Waals surface area contributed by atoms with Crippen LogP contribution < -0.4 is 10.6 Å². The Bertz CT molecular complexity index is 1850. The van der Waals surface area contributed by atoms with Crippen LogP contribution in [0.15, 0.2) is 66.9 Å². The zero-order valence-electron chi connectivity index (χ0n) is 22.4. The molecule has 0 spiro atoms. The molecular weight excluding hydrogens is 538 g/mol. The molecule has 6 heterocycles. The first-order valence-corrected chi connectivity index (χ1v) is 14.0. The van der Waals surface area contributed by atoms with Gasteiger partial charge in [-0.25, -0.2) is 9.97 Å². The van der Waals surface area contributed by atoms with Crippen molar-refractivity contribution in [2.45, 2.75) is 12.8 Å². The summed E-state index contributed by atoms with van der Waals surface area (Å²) in [5.74, 6) is 0.751. The molecule has 41 heavy (non-hydrogen) atoms. The molecule has 10 nitrogen and oxygen atoms in total. The highest BCUT2D eigenvalue weighted by Crippen LogP contribution is 2.32. The second kappa shape index (κ2) is 10.5. The van der Waals surface area contributed by atoms with Crippen LogP contribution in [0.4, 0.5) is 0 Å². The fraction of sp³-hybridized carbons (Fsp3) is 0.233. The van der Waals surface area contributed by atoms with E-state index in [4.69, 9.17) is 16.6 Å². The Morgan fingerprint density at radius 3 is 2.85 bits per heavy atom.